The van der Waals surface area contributed by atoms with Crippen molar-refractivity contribution in [2.75, 3.05) is 13.6 Å². The van der Waals surface area contributed by atoms with Crippen molar-refractivity contribution in [3.63, 3.8) is 0 Å². The Kier molecular flexibility index (Phi) is 10.3. The number of aliphatic imine (C=N–C) groups is 1. The summed E-state index contributed by atoms with van der Waals surface area (Å²) in [6, 6.07) is 15.5. The second-order valence-corrected chi connectivity index (χ2v) is 7.94. The van der Waals surface area contributed by atoms with Gasteiger partial charge in [0, 0.05) is 38.0 Å². The van der Waals surface area contributed by atoms with Gasteiger partial charge in [0.05, 0.1) is 17.8 Å². The first-order valence-corrected chi connectivity index (χ1v) is 11.0. The maximum atomic E-state index is 11.5. The van der Waals surface area contributed by atoms with Crippen LogP contribution in [0.25, 0.3) is 5.57 Å². The molecule has 0 bridgehead atoms. The lowest BCUT2D eigenvalue weighted by Gasteiger charge is -2.13. The molecule has 0 fully saturated rings. The van der Waals surface area contributed by atoms with Gasteiger partial charge in [0.15, 0.2) is 5.92 Å². The number of amides is 1. The minimum Gasteiger partial charge on any atom is -0.371 e. The van der Waals surface area contributed by atoms with Crippen LogP contribution in [0, 0.1) is 34.5 Å². The SMILES string of the molecule is CNC(=O)CCC/C=C(/c1cccnc1)c1cccc(N=C(NCC(C)C)C(C#N)C#N)c1. The Morgan fingerprint density at radius 2 is 1.94 bits per heavy atom. The van der Waals surface area contributed by atoms with Crippen LogP contribution in [0.2, 0.25) is 0 Å². The number of aromatic nitrogens is 1. The largest absolute Gasteiger partial charge is 0.371 e. The lowest BCUT2D eigenvalue weighted by Crippen LogP contribution is -2.32. The zero-order valence-corrected chi connectivity index (χ0v) is 19.4. The quantitative estimate of drug-likeness (QED) is 0.322. The molecule has 1 amide bonds. The predicted molar refractivity (Wildman–Crippen MR) is 130 cm³/mol. The number of unbranched alkanes of at least 4 members (excludes halogenated alkanes) is 1. The van der Waals surface area contributed by atoms with Crippen molar-refractivity contribution in [1.82, 2.24) is 15.6 Å². The molecule has 1 aromatic carbocycles. The highest BCUT2D eigenvalue weighted by Gasteiger charge is 2.15. The summed E-state index contributed by atoms with van der Waals surface area (Å²) in [5, 5.41) is 24.5. The number of allylic oxidation sites excluding steroid dienone is 1. The van der Waals surface area contributed by atoms with Crippen molar-refractivity contribution in [3.05, 3.63) is 66.0 Å². The molecule has 0 aliphatic carbocycles. The molecule has 7 heteroatoms. The molecule has 2 rings (SSSR count). The maximum absolute atomic E-state index is 11.5. The Bertz CT molecular complexity index is 1050. The molecule has 7 nitrogen and oxygen atoms in total. The van der Waals surface area contributed by atoms with Gasteiger partial charge in [-0.25, -0.2) is 4.99 Å². The maximum Gasteiger partial charge on any atom is 0.219 e. The summed E-state index contributed by atoms with van der Waals surface area (Å²) in [6.45, 7) is 4.72. The van der Waals surface area contributed by atoms with Crippen LogP contribution in [-0.4, -0.2) is 30.3 Å². The van der Waals surface area contributed by atoms with Crippen LogP contribution in [0.15, 0.2) is 59.9 Å². The van der Waals surface area contributed by atoms with Crippen LogP contribution in [0.5, 0.6) is 0 Å². The summed E-state index contributed by atoms with van der Waals surface area (Å²) < 4.78 is 0. The minimum atomic E-state index is -0.967. The third kappa shape index (κ3) is 8.23. The summed E-state index contributed by atoms with van der Waals surface area (Å²) in [7, 11) is 1.64. The molecule has 1 aromatic heterocycles. The predicted octanol–water partition coefficient (Wildman–Crippen LogP) is 4.37. The third-order valence-corrected chi connectivity index (χ3v) is 4.84. The van der Waals surface area contributed by atoms with Gasteiger partial charge in [-0.1, -0.05) is 38.1 Å². The summed E-state index contributed by atoms with van der Waals surface area (Å²) in [5.41, 5.74) is 3.54. The molecular formula is C26H30N6O. The van der Waals surface area contributed by atoms with E-state index in [1.807, 2.05) is 62.4 Å². The summed E-state index contributed by atoms with van der Waals surface area (Å²) in [5.74, 6) is -0.253. The first-order chi connectivity index (χ1) is 16.0. The van der Waals surface area contributed by atoms with E-state index >= 15 is 0 Å². The molecule has 0 aliphatic heterocycles. The highest BCUT2D eigenvalue weighted by molar-refractivity contribution is 5.91. The number of nitrogens with zero attached hydrogens (tertiary/aromatic N) is 4. The topological polar surface area (TPSA) is 114 Å². The fourth-order valence-electron chi connectivity index (χ4n) is 3.11. The zero-order valence-electron chi connectivity index (χ0n) is 19.4. The van der Waals surface area contributed by atoms with Crippen molar-refractivity contribution in [2.45, 2.75) is 33.1 Å². The van der Waals surface area contributed by atoms with E-state index in [-0.39, 0.29) is 5.91 Å². The average molecular weight is 443 g/mol. The number of carbonyl (C=O) groups excluding carboxylic acids is 1. The van der Waals surface area contributed by atoms with Crippen LogP contribution in [-0.2, 0) is 4.79 Å². The summed E-state index contributed by atoms with van der Waals surface area (Å²) in [4.78, 5) is 20.4. The Hall–Kier alpha value is -3.97. The Morgan fingerprint density at radius 3 is 2.58 bits per heavy atom. The lowest BCUT2D eigenvalue weighted by molar-refractivity contribution is -0.120. The number of nitriles is 2. The number of pyridine rings is 1. The number of rotatable bonds is 10. The number of amidine groups is 1. The standard InChI is InChI=1S/C26H30N6O/c1-19(2)17-31-26(22(15-27)16-28)32-23-10-6-8-20(14-23)24(21-9-7-13-30-18-21)11-4-5-12-25(33)29-3/h6-11,13-14,18-19,22H,4-5,12,17H2,1-3H3,(H,29,33)(H,31,32)/b24-11+. The van der Waals surface area contributed by atoms with E-state index in [1.165, 1.54) is 0 Å². The summed E-state index contributed by atoms with van der Waals surface area (Å²) in [6.07, 6.45) is 7.57. The smallest absolute Gasteiger partial charge is 0.219 e. The lowest BCUT2D eigenvalue weighted by atomic mass is 9.97. The van der Waals surface area contributed by atoms with Crippen LogP contribution in [0.1, 0.15) is 44.2 Å². The number of hydrogen-bond donors (Lipinski definition) is 2. The van der Waals surface area contributed by atoms with Crippen molar-refractivity contribution >= 4 is 23.0 Å². The van der Waals surface area contributed by atoms with E-state index in [0.717, 1.165) is 29.5 Å². The van der Waals surface area contributed by atoms with E-state index in [4.69, 9.17) is 0 Å². The third-order valence-electron chi connectivity index (χ3n) is 4.84. The molecule has 170 valence electrons. The van der Waals surface area contributed by atoms with Crippen LogP contribution in [0.4, 0.5) is 5.69 Å². The molecule has 2 aromatic rings. The molecule has 0 radical (unpaired) electrons. The van der Waals surface area contributed by atoms with E-state index in [1.54, 1.807) is 19.4 Å². The van der Waals surface area contributed by atoms with E-state index < -0.39 is 5.92 Å². The minimum absolute atomic E-state index is 0.0219. The van der Waals surface area contributed by atoms with Gasteiger partial charge in [0.1, 0.15) is 5.84 Å². The molecule has 33 heavy (non-hydrogen) atoms. The Morgan fingerprint density at radius 1 is 1.18 bits per heavy atom. The van der Waals surface area contributed by atoms with E-state index in [0.29, 0.717) is 30.4 Å². The van der Waals surface area contributed by atoms with Crippen molar-refractivity contribution < 1.29 is 4.79 Å². The van der Waals surface area contributed by atoms with Crippen LogP contribution in [0.3, 0.4) is 0 Å². The highest BCUT2D eigenvalue weighted by atomic mass is 16.1. The molecule has 0 unspecified atom stereocenters. The monoisotopic (exact) mass is 442 g/mol. The fourth-order valence-corrected chi connectivity index (χ4v) is 3.11. The van der Waals surface area contributed by atoms with Gasteiger partial charge in [-0.15, -0.1) is 0 Å². The normalized spacial score (nSPS) is 11.7. The molecule has 0 aliphatic rings. The number of nitrogens with one attached hydrogen (secondary N) is 2. The zero-order chi connectivity index (χ0) is 24.1. The van der Waals surface area contributed by atoms with E-state index in [9.17, 15) is 15.3 Å². The molecule has 0 saturated carbocycles. The number of carbonyl (C=O) groups is 1. The number of benzene rings is 1. The molecule has 0 saturated heterocycles. The second-order valence-electron chi connectivity index (χ2n) is 7.94. The van der Waals surface area contributed by atoms with Crippen LogP contribution < -0.4 is 10.6 Å². The van der Waals surface area contributed by atoms with Gasteiger partial charge in [-0.2, -0.15) is 10.5 Å². The number of hydrogen-bond acceptors (Lipinski definition) is 5. The fraction of sp³-hybridized carbons (Fsp3) is 0.346. The first-order valence-electron chi connectivity index (χ1n) is 11.0. The van der Waals surface area contributed by atoms with Gasteiger partial charge >= 0.3 is 0 Å². The molecule has 1 heterocycles. The van der Waals surface area contributed by atoms with Gasteiger partial charge in [0.2, 0.25) is 5.91 Å². The van der Waals surface area contributed by atoms with Crippen LogP contribution >= 0.6 is 0 Å². The molecule has 0 spiro atoms. The van der Waals surface area contributed by atoms with Gasteiger partial charge in [0.25, 0.3) is 0 Å². The van der Waals surface area contributed by atoms with Gasteiger partial charge < -0.3 is 10.6 Å². The Balaban J connectivity index is 2.39. The van der Waals surface area contributed by atoms with Gasteiger partial charge in [-0.3, -0.25) is 9.78 Å². The molecule has 0 atom stereocenters. The van der Waals surface area contributed by atoms with E-state index in [2.05, 4.69) is 26.7 Å². The molecular weight excluding hydrogens is 412 g/mol. The average Bonchev–Trinajstić information content (AvgIpc) is 2.83. The molecule has 2 N–H and O–H groups in total. The Labute approximate surface area is 195 Å². The van der Waals surface area contributed by atoms with Crippen molar-refractivity contribution in [2.24, 2.45) is 16.8 Å². The van der Waals surface area contributed by atoms with Crippen molar-refractivity contribution in [3.8, 4) is 12.1 Å². The highest BCUT2D eigenvalue weighted by Crippen LogP contribution is 2.27. The first kappa shape index (κ1) is 25.3. The second kappa shape index (κ2) is 13.4. The van der Waals surface area contributed by atoms with Gasteiger partial charge in [-0.05, 0) is 48.1 Å². The summed E-state index contributed by atoms with van der Waals surface area (Å²) >= 11 is 0. The van der Waals surface area contributed by atoms with Crippen molar-refractivity contribution in [1.29, 1.82) is 10.5 Å².